The predicted molar refractivity (Wildman–Crippen MR) is 86.8 cm³/mol. The average Bonchev–Trinajstić information content (AvgIpc) is 2.94. The summed E-state index contributed by atoms with van der Waals surface area (Å²) in [5.41, 5.74) is 0.999. The molecular weight excluding hydrogens is 311 g/mol. The maximum absolute atomic E-state index is 12.9. The first kappa shape index (κ1) is 16.9. The number of likely N-dealkylation sites (tertiary alicyclic amines) is 1. The maximum atomic E-state index is 12.9. The van der Waals surface area contributed by atoms with Crippen LogP contribution in [0.25, 0.3) is 0 Å². The van der Waals surface area contributed by atoms with Crippen molar-refractivity contribution in [2.45, 2.75) is 31.7 Å². The van der Waals surface area contributed by atoms with Crippen LogP contribution in [0.5, 0.6) is 0 Å². The molecule has 130 valence electrons. The number of halogens is 1. The number of hydrogen-bond donors (Lipinski definition) is 1. The fraction of sp³-hybridized carbons (Fsp3) is 0.556. The Labute approximate surface area is 141 Å². The van der Waals surface area contributed by atoms with E-state index in [4.69, 9.17) is 4.74 Å². The van der Waals surface area contributed by atoms with E-state index in [0.29, 0.717) is 39.1 Å². The van der Waals surface area contributed by atoms with E-state index in [0.717, 1.165) is 18.4 Å². The summed E-state index contributed by atoms with van der Waals surface area (Å²) >= 11 is 0. The van der Waals surface area contributed by atoms with Gasteiger partial charge in [0.15, 0.2) is 0 Å². The van der Waals surface area contributed by atoms with E-state index in [-0.39, 0.29) is 29.6 Å². The number of benzene rings is 1. The van der Waals surface area contributed by atoms with Crippen LogP contribution in [-0.2, 0) is 20.7 Å². The molecule has 0 bridgehead atoms. The summed E-state index contributed by atoms with van der Waals surface area (Å²) in [5, 5.41) is 3.01. The molecule has 1 aromatic carbocycles. The lowest BCUT2D eigenvalue weighted by molar-refractivity contribution is -0.128. The van der Waals surface area contributed by atoms with Crippen LogP contribution in [0.3, 0.4) is 0 Å². The summed E-state index contributed by atoms with van der Waals surface area (Å²) in [6.45, 7) is 2.40. The highest BCUT2D eigenvalue weighted by Crippen LogP contribution is 2.17. The molecule has 2 amide bonds. The van der Waals surface area contributed by atoms with E-state index in [9.17, 15) is 14.0 Å². The lowest BCUT2D eigenvalue weighted by Gasteiger charge is -2.23. The van der Waals surface area contributed by atoms with Gasteiger partial charge >= 0.3 is 0 Å². The Kier molecular flexibility index (Phi) is 5.45. The SMILES string of the molecule is O=C(N[C@@H]1CC(=O)N(CCc2ccc(F)cc2)C1)C1CCOCC1. The van der Waals surface area contributed by atoms with Crippen molar-refractivity contribution in [3.05, 3.63) is 35.6 Å². The van der Waals surface area contributed by atoms with Crippen LogP contribution in [0.4, 0.5) is 4.39 Å². The number of rotatable bonds is 5. The average molecular weight is 334 g/mol. The van der Waals surface area contributed by atoms with Crippen LogP contribution < -0.4 is 5.32 Å². The minimum absolute atomic E-state index is 0.00196. The molecule has 0 aliphatic carbocycles. The Morgan fingerprint density at radius 1 is 1.25 bits per heavy atom. The van der Waals surface area contributed by atoms with Gasteiger partial charge in [-0.1, -0.05) is 12.1 Å². The zero-order chi connectivity index (χ0) is 16.9. The van der Waals surface area contributed by atoms with E-state index in [2.05, 4.69) is 5.32 Å². The molecule has 2 fully saturated rings. The molecule has 1 atom stereocenters. The van der Waals surface area contributed by atoms with Gasteiger partial charge in [-0.3, -0.25) is 9.59 Å². The Bertz CT molecular complexity index is 584. The number of nitrogens with zero attached hydrogens (tertiary/aromatic N) is 1. The van der Waals surface area contributed by atoms with E-state index in [1.165, 1.54) is 12.1 Å². The normalized spacial score (nSPS) is 22.0. The molecule has 2 heterocycles. The van der Waals surface area contributed by atoms with Gasteiger partial charge < -0.3 is 15.0 Å². The van der Waals surface area contributed by atoms with Crippen LogP contribution in [-0.4, -0.2) is 49.1 Å². The summed E-state index contributed by atoms with van der Waals surface area (Å²) in [4.78, 5) is 26.1. The molecule has 0 spiro atoms. The molecule has 2 aliphatic heterocycles. The van der Waals surface area contributed by atoms with Crippen LogP contribution in [0.1, 0.15) is 24.8 Å². The first-order chi connectivity index (χ1) is 11.6. The van der Waals surface area contributed by atoms with Gasteiger partial charge in [-0.25, -0.2) is 4.39 Å². The van der Waals surface area contributed by atoms with Gasteiger partial charge in [0.1, 0.15) is 5.82 Å². The fourth-order valence-electron chi connectivity index (χ4n) is 3.28. The lowest BCUT2D eigenvalue weighted by atomic mass is 9.99. The summed E-state index contributed by atoms with van der Waals surface area (Å²) in [6, 6.07) is 6.22. The number of ether oxygens (including phenoxy) is 1. The van der Waals surface area contributed by atoms with Crippen LogP contribution >= 0.6 is 0 Å². The molecule has 24 heavy (non-hydrogen) atoms. The lowest BCUT2D eigenvalue weighted by Crippen LogP contribution is -2.42. The largest absolute Gasteiger partial charge is 0.381 e. The molecule has 2 saturated heterocycles. The molecule has 0 radical (unpaired) electrons. The highest BCUT2D eigenvalue weighted by molar-refractivity contribution is 5.83. The van der Waals surface area contributed by atoms with Crippen molar-refractivity contribution >= 4 is 11.8 Å². The molecule has 3 rings (SSSR count). The van der Waals surface area contributed by atoms with Crippen molar-refractivity contribution in [3.63, 3.8) is 0 Å². The number of amides is 2. The standard InChI is InChI=1S/C18H23FN2O3/c19-15-3-1-13(2-4-15)5-8-21-12-16(11-17(21)22)20-18(23)14-6-9-24-10-7-14/h1-4,14,16H,5-12H2,(H,20,23)/t16-/m1/s1. The second-order valence-electron chi connectivity index (χ2n) is 6.51. The maximum Gasteiger partial charge on any atom is 0.224 e. The summed E-state index contributed by atoms with van der Waals surface area (Å²) in [7, 11) is 0. The Morgan fingerprint density at radius 3 is 2.67 bits per heavy atom. The van der Waals surface area contributed by atoms with Gasteiger partial charge in [0.2, 0.25) is 11.8 Å². The zero-order valence-electron chi connectivity index (χ0n) is 13.7. The van der Waals surface area contributed by atoms with Gasteiger partial charge in [-0.15, -0.1) is 0 Å². The van der Waals surface area contributed by atoms with Crippen molar-refractivity contribution in [2.24, 2.45) is 5.92 Å². The Hall–Kier alpha value is -1.95. The Balaban J connectivity index is 1.46. The van der Waals surface area contributed by atoms with Crippen molar-refractivity contribution in [1.29, 1.82) is 0 Å². The van der Waals surface area contributed by atoms with Crippen molar-refractivity contribution in [2.75, 3.05) is 26.3 Å². The third-order valence-electron chi connectivity index (χ3n) is 4.74. The smallest absolute Gasteiger partial charge is 0.224 e. The molecule has 5 nitrogen and oxygen atoms in total. The molecule has 0 saturated carbocycles. The van der Waals surface area contributed by atoms with Crippen LogP contribution in [0, 0.1) is 11.7 Å². The second-order valence-corrected chi connectivity index (χ2v) is 6.51. The molecule has 1 N–H and O–H groups in total. The van der Waals surface area contributed by atoms with Crippen molar-refractivity contribution in [1.82, 2.24) is 10.2 Å². The number of nitrogens with one attached hydrogen (secondary N) is 1. The van der Waals surface area contributed by atoms with Gasteiger partial charge in [0.25, 0.3) is 0 Å². The summed E-state index contributed by atoms with van der Waals surface area (Å²) < 4.78 is 18.2. The zero-order valence-corrected chi connectivity index (χ0v) is 13.7. The van der Waals surface area contributed by atoms with E-state index < -0.39 is 0 Å². The molecule has 0 aromatic heterocycles. The first-order valence-electron chi connectivity index (χ1n) is 8.52. The summed E-state index contributed by atoms with van der Waals surface area (Å²) in [5.74, 6) is -0.153. The van der Waals surface area contributed by atoms with Crippen molar-refractivity contribution in [3.8, 4) is 0 Å². The molecule has 1 aromatic rings. The molecule has 0 unspecified atom stereocenters. The molecule has 2 aliphatic rings. The van der Waals surface area contributed by atoms with E-state index >= 15 is 0 Å². The van der Waals surface area contributed by atoms with Gasteiger partial charge in [-0.2, -0.15) is 0 Å². The minimum atomic E-state index is -0.258. The summed E-state index contributed by atoms with van der Waals surface area (Å²) in [6.07, 6.45) is 2.55. The van der Waals surface area contributed by atoms with Crippen LogP contribution in [0.15, 0.2) is 24.3 Å². The topological polar surface area (TPSA) is 58.6 Å². The van der Waals surface area contributed by atoms with E-state index in [1.54, 1.807) is 17.0 Å². The van der Waals surface area contributed by atoms with Crippen LogP contribution in [0.2, 0.25) is 0 Å². The van der Waals surface area contributed by atoms with Gasteiger partial charge in [0, 0.05) is 38.6 Å². The predicted octanol–water partition coefficient (Wildman–Crippen LogP) is 1.51. The molecular formula is C18H23FN2O3. The number of hydrogen-bond acceptors (Lipinski definition) is 3. The highest BCUT2D eigenvalue weighted by Gasteiger charge is 2.32. The number of carbonyl (C=O) groups is 2. The van der Waals surface area contributed by atoms with E-state index in [1.807, 2.05) is 0 Å². The van der Waals surface area contributed by atoms with Gasteiger partial charge in [-0.05, 0) is 37.0 Å². The Morgan fingerprint density at radius 2 is 1.96 bits per heavy atom. The highest BCUT2D eigenvalue weighted by atomic mass is 19.1. The third kappa shape index (κ3) is 4.32. The van der Waals surface area contributed by atoms with Crippen molar-refractivity contribution < 1.29 is 18.7 Å². The first-order valence-corrected chi connectivity index (χ1v) is 8.52. The molecule has 6 heteroatoms. The third-order valence-corrected chi connectivity index (χ3v) is 4.74. The fourth-order valence-corrected chi connectivity index (χ4v) is 3.28. The van der Waals surface area contributed by atoms with Gasteiger partial charge in [0.05, 0.1) is 6.04 Å². The minimum Gasteiger partial charge on any atom is -0.381 e. The second kappa shape index (κ2) is 7.75. The quantitative estimate of drug-likeness (QED) is 0.888. The monoisotopic (exact) mass is 334 g/mol. The number of carbonyl (C=O) groups excluding carboxylic acids is 2.